The van der Waals surface area contributed by atoms with Gasteiger partial charge in [-0.3, -0.25) is 19.3 Å². The van der Waals surface area contributed by atoms with Crippen LogP contribution in [0, 0.1) is 13.8 Å². The number of halogens is 1. The van der Waals surface area contributed by atoms with Crippen molar-refractivity contribution in [3.8, 4) is 0 Å². The maximum atomic E-state index is 12.0. The number of hydrogen-bond acceptors (Lipinski definition) is 4. The lowest BCUT2D eigenvalue weighted by Gasteiger charge is -2.18. The van der Waals surface area contributed by atoms with Crippen LogP contribution in [0.1, 0.15) is 18.1 Å². The second kappa shape index (κ2) is 7.19. The Hall–Kier alpha value is -1.92. The van der Waals surface area contributed by atoms with E-state index < -0.39 is 17.7 Å². The average molecular weight is 312 g/mol. The number of carbonyl (C=O) groups is 3. The number of imide groups is 1. The van der Waals surface area contributed by atoms with Crippen LogP contribution in [0.25, 0.3) is 0 Å². The van der Waals surface area contributed by atoms with Gasteiger partial charge < -0.3 is 11.1 Å². The van der Waals surface area contributed by atoms with Crippen LogP contribution in [-0.4, -0.2) is 35.7 Å². The van der Waals surface area contributed by atoms with Crippen LogP contribution in [0.4, 0.5) is 5.69 Å². The van der Waals surface area contributed by atoms with Gasteiger partial charge in [0, 0.05) is 20.0 Å². The van der Waals surface area contributed by atoms with Gasteiger partial charge in [0.1, 0.15) is 0 Å². The number of nitrogens with two attached hydrogens (primary N) is 1. The number of aryl methyl sites for hydroxylation is 2. The zero-order valence-corrected chi connectivity index (χ0v) is 13.0. The summed E-state index contributed by atoms with van der Waals surface area (Å²) in [7, 11) is 0. The molecule has 0 radical (unpaired) electrons. The molecule has 3 amide bonds. The summed E-state index contributed by atoms with van der Waals surface area (Å²) in [6.07, 6.45) is 0. The van der Waals surface area contributed by atoms with Crippen LogP contribution >= 0.6 is 11.6 Å². The highest BCUT2D eigenvalue weighted by Crippen LogP contribution is 2.27. The molecule has 0 saturated carbocycles. The topological polar surface area (TPSA) is 92.5 Å². The molecule has 1 rings (SSSR count). The van der Waals surface area contributed by atoms with Gasteiger partial charge in [0.2, 0.25) is 5.91 Å². The number of nitrogens with zero attached hydrogens (tertiary/aromatic N) is 1. The van der Waals surface area contributed by atoms with Crippen molar-refractivity contribution in [1.82, 2.24) is 4.90 Å². The summed E-state index contributed by atoms with van der Waals surface area (Å²) in [6, 6.07) is 3.51. The molecule has 0 spiro atoms. The van der Waals surface area contributed by atoms with E-state index in [1.807, 2.05) is 13.0 Å². The van der Waals surface area contributed by atoms with Gasteiger partial charge in [0.15, 0.2) is 0 Å². The quantitative estimate of drug-likeness (QED) is 0.821. The molecule has 0 bridgehead atoms. The van der Waals surface area contributed by atoms with E-state index in [9.17, 15) is 14.4 Å². The smallest absolute Gasteiger partial charge is 0.318 e. The summed E-state index contributed by atoms with van der Waals surface area (Å²) in [5.74, 6) is -2.41. The van der Waals surface area contributed by atoms with Gasteiger partial charge in [-0.2, -0.15) is 0 Å². The maximum Gasteiger partial charge on any atom is 0.318 e. The first kappa shape index (κ1) is 17.1. The molecule has 6 nitrogen and oxygen atoms in total. The molecular weight excluding hydrogens is 294 g/mol. The van der Waals surface area contributed by atoms with Crippen LogP contribution in [0.15, 0.2) is 12.1 Å². The van der Waals surface area contributed by atoms with Crippen LogP contribution < -0.4 is 11.1 Å². The number of anilines is 1. The SMILES string of the molecule is CC(=O)N(CCN)C(=O)C(=O)Nc1c(C)cc(C)cc1Cl. The van der Waals surface area contributed by atoms with Crippen LogP contribution in [-0.2, 0) is 14.4 Å². The van der Waals surface area contributed by atoms with E-state index in [-0.39, 0.29) is 13.1 Å². The molecular formula is C14H18ClN3O3. The molecule has 0 saturated heterocycles. The van der Waals surface area contributed by atoms with Crippen molar-refractivity contribution in [2.24, 2.45) is 5.73 Å². The Kier molecular flexibility index (Phi) is 5.87. The minimum Gasteiger partial charge on any atom is -0.329 e. The predicted molar refractivity (Wildman–Crippen MR) is 81.0 cm³/mol. The number of hydrogen-bond donors (Lipinski definition) is 2. The van der Waals surface area contributed by atoms with E-state index in [0.717, 1.165) is 16.0 Å². The number of amides is 3. The number of rotatable bonds is 3. The second-order valence-electron chi connectivity index (χ2n) is 4.66. The van der Waals surface area contributed by atoms with Crippen molar-refractivity contribution in [3.05, 3.63) is 28.3 Å². The van der Waals surface area contributed by atoms with Crippen molar-refractivity contribution in [3.63, 3.8) is 0 Å². The van der Waals surface area contributed by atoms with Crippen LogP contribution in [0.2, 0.25) is 5.02 Å². The van der Waals surface area contributed by atoms with E-state index in [0.29, 0.717) is 10.7 Å². The Morgan fingerprint density at radius 1 is 1.29 bits per heavy atom. The van der Waals surface area contributed by atoms with Crippen molar-refractivity contribution >= 4 is 35.0 Å². The molecule has 0 fully saturated rings. The Morgan fingerprint density at radius 2 is 1.90 bits per heavy atom. The highest BCUT2D eigenvalue weighted by Gasteiger charge is 2.25. The summed E-state index contributed by atoms with van der Waals surface area (Å²) in [6.45, 7) is 4.91. The molecule has 0 aliphatic carbocycles. The monoisotopic (exact) mass is 311 g/mol. The number of benzene rings is 1. The highest BCUT2D eigenvalue weighted by atomic mass is 35.5. The summed E-state index contributed by atoms with van der Waals surface area (Å²) >= 11 is 6.06. The summed E-state index contributed by atoms with van der Waals surface area (Å²) in [5, 5.41) is 2.78. The highest BCUT2D eigenvalue weighted by molar-refractivity contribution is 6.43. The van der Waals surface area contributed by atoms with Crippen molar-refractivity contribution < 1.29 is 14.4 Å². The third-order valence-electron chi connectivity index (χ3n) is 2.84. The first-order valence-electron chi connectivity index (χ1n) is 6.38. The number of carbonyl (C=O) groups excluding carboxylic acids is 3. The molecule has 1 aromatic carbocycles. The van der Waals surface area contributed by atoms with Crippen molar-refractivity contribution in [1.29, 1.82) is 0 Å². The van der Waals surface area contributed by atoms with E-state index in [4.69, 9.17) is 17.3 Å². The van der Waals surface area contributed by atoms with Crippen LogP contribution in [0.5, 0.6) is 0 Å². The molecule has 0 aliphatic heterocycles. The van der Waals surface area contributed by atoms with Gasteiger partial charge in [0.05, 0.1) is 10.7 Å². The molecule has 1 aromatic rings. The fourth-order valence-corrected chi connectivity index (χ4v) is 2.26. The lowest BCUT2D eigenvalue weighted by atomic mass is 10.1. The normalized spacial score (nSPS) is 10.1. The third-order valence-corrected chi connectivity index (χ3v) is 3.14. The second-order valence-corrected chi connectivity index (χ2v) is 5.06. The van der Waals surface area contributed by atoms with Crippen molar-refractivity contribution in [2.75, 3.05) is 18.4 Å². The van der Waals surface area contributed by atoms with E-state index >= 15 is 0 Å². The van der Waals surface area contributed by atoms with E-state index in [1.54, 1.807) is 13.0 Å². The molecule has 0 aliphatic rings. The third kappa shape index (κ3) is 4.27. The molecule has 3 N–H and O–H groups in total. The van der Waals surface area contributed by atoms with Gasteiger partial charge in [0.25, 0.3) is 0 Å². The molecule has 0 unspecified atom stereocenters. The lowest BCUT2D eigenvalue weighted by molar-refractivity contribution is -0.149. The zero-order valence-electron chi connectivity index (χ0n) is 12.2. The average Bonchev–Trinajstić information content (AvgIpc) is 2.38. The van der Waals surface area contributed by atoms with Crippen LogP contribution in [0.3, 0.4) is 0 Å². The first-order valence-corrected chi connectivity index (χ1v) is 6.76. The van der Waals surface area contributed by atoms with Gasteiger partial charge in [-0.1, -0.05) is 17.7 Å². The minimum atomic E-state index is -0.955. The van der Waals surface area contributed by atoms with E-state index in [1.165, 1.54) is 6.92 Å². The van der Waals surface area contributed by atoms with Crippen molar-refractivity contribution in [2.45, 2.75) is 20.8 Å². The molecule has 21 heavy (non-hydrogen) atoms. The predicted octanol–water partition coefficient (Wildman–Crippen LogP) is 1.23. The fraction of sp³-hybridized carbons (Fsp3) is 0.357. The Labute approximate surface area is 128 Å². The summed E-state index contributed by atoms with van der Waals surface area (Å²) in [4.78, 5) is 36.1. The summed E-state index contributed by atoms with van der Waals surface area (Å²) in [5.41, 5.74) is 7.35. The Bertz CT molecular complexity index is 564. The number of nitrogens with one attached hydrogen (secondary N) is 1. The fourth-order valence-electron chi connectivity index (χ4n) is 1.89. The maximum absolute atomic E-state index is 12.0. The lowest BCUT2D eigenvalue weighted by Crippen LogP contribution is -2.44. The van der Waals surface area contributed by atoms with Gasteiger partial charge in [-0.15, -0.1) is 0 Å². The molecule has 114 valence electrons. The van der Waals surface area contributed by atoms with Gasteiger partial charge in [-0.05, 0) is 31.0 Å². The van der Waals surface area contributed by atoms with Gasteiger partial charge in [-0.25, -0.2) is 0 Å². The minimum absolute atomic E-state index is 0.0117. The molecule has 0 aromatic heterocycles. The largest absolute Gasteiger partial charge is 0.329 e. The van der Waals surface area contributed by atoms with Gasteiger partial charge >= 0.3 is 11.8 Å². The first-order chi connectivity index (χ1) is 9.77. The molecule has 0 atom stereocenters. The Morgan fingerprint density at radius 3 is 2.38 bits per heavy atom. The molecule has 7 heteroatoms. The summed E-state index contributed by atoms with van der Waals surface area (Å²) < 4.78 is 0. The zero-order chi connectivity index (χ0) is 16.2. The standard InChI is InChI=1S/C14H18ClN3O3/c1-8-6-9(2)12(11(15)7-8)17-13(20)14(21)18(5-4-16)10(3)19/h6-7H,4-5,16H2,1-3H3,(H,17,20). The van der Waals surface area contributed by atoms with E-state index in [2.05, 4.69) is 5.32 Å². The molecule has 0 heterocycles. The Balaban J connectivity index is 2.95.